The van der Waals surface area contributed by atoms with Crippen molar-refractivity contribution in [1.82, 2.24) is 0 Å². The van der Waals surface area contributed by atoms with Crippen molar-refractivity contribution in [2.45, 2.75) is 51.1 Å². The van der Waals surface area contributed by atoms with Gasteiger partial charge in [0.2, 0.25) is 0 Å². The molecule has 1 aromatic rings. The minimum atomic E-state index is -2.12. The van der Waals surface area contributed by atoms with Gasteiger partial charge in [-0.1, -0.05) is 50.1 Å². The average molecular weight is 339 g/mol. The lowest BCUT2D eigenvalue weighted by Crippen LogP contribution is -2.32. The van der Waals surface area contributed by atoms with Crippen LogP contribution in [0.15, 0.2) is 30.3 Å². The van der Waals surface area contributed by atoms with E-state index in [9.17, 15) is 4.57 Å². The van der Waals surface area contributed by atoms with Gasteiger partial charge in [0, 0.05) is 10.1 Å². The van der Waals surface area contributed by atoms with E-state index >= 15 is 0 Å². The van der Waals surface area contributed by atoms with Gasteiger partial charge in [0.15, 0.2) is 12.4 Å². The van der Waals surface area contributed by atoms with Crippen molar-refractivity contribution in [3.8, 4) is 0 Å². The minimum Gasteiger partial charge on any atom is -0.345 e. The number of rotatable bonds is 5. The summed E-state index contributed by atoms with van der Waals surface area (Å²) in [6.07, 6.45) is 3.59. The molecule has 1 aliphatic carbocycles. The van der Waals surface area contributed by atoms with E-state index < -0.39 is 8.25 Å². The van der Waals surface area contributed by atoms with E-state index in [1.54, 1.807) is 0 Å². The predicted molar refractivity (Wildman–Crippen MR) is 86.1 cm³/mol. The number of hydrogen-bond acceptors (Lipinski definition) is 5. The summed E-state index contributed by atoms with van der Waals surface area (Å²) in [6.45, 7) is 2.91. The van der Waals surface area contributed by atoms with Crippen LogP contribution in [-0.2, 0) is 23.1 Å². The molecule has 3 unspecified atom stereocenters. The van der Waals surface area contributed by atoms with Gasteiger partial charge in [-0.15, -0.1) is 9.05 Å². The maximum atomic E-state index is 12.0. The number of benzene rings is 1. The van der Waals surface area contributed by atoms with Crippen molar-refractivity contribution in [2.24, 2.45) is 5.92 Å². The summed E-state index contributed by atoms with van der Waals surface area (Å²) in [4.78, 5) is 0. The largest absolute Gasteiger partial charge is 0.698 e. The zero-order valence-electron chi connectivity index (χ0n) is 13.4. The molecule has 1 aliphatic heterocycles. The van der Waals surface area contributed by atoms with E-state index in [0.717, 1.165) is 24.8 Å². The molecule has 5 nitrogen and oxygen atoms in total. The Morgan fingerprint density at radius 3 is 2.43 bits per heavy atom. The second-order valence-corrected chi connectivity index (χ2v) is 7.23. The van der Waals surface area contributed by atoms with Crippen LogP contribution in [0.25, 0.3) is 0 Å². The maximum absolute atomic E-state index is 12.0. The fourth-order valence-corrected chi connectivity index (χ4v) is 3.94. The van der Waals surface area contributed by atoms with Crippen molar-refractivity contribution >= 4 is 8.25 Å². The normalized spacial score (nSPS) is 32.5. The van der Waals surface area contributed by atoms with Gasteiger partial charge < -0.3 is 9.47 Å². The molecule has 6 heteroatoms. The highest BCUT2D eigenvalue weighted by atomic mass is 31.1. The van der Waals surface area contributed by atoms with E-state index in [4.69, 9.17) is 18.5 Å². The Morgan fingerprint density at radius 2 is 1.74 bits per heavy atom. The standard InChI is InChI=1S/C17H24O5P/c1-13-6-5-9-15(10-13)21-23(18)22-16-11-19-17(20-12-16)14-7-3-2-4-8-14/h2-4,7-8,13,15-17H,5-6,9-12H2,1H3/q+1. The van der Waals surface area contributed by atoms with Crippen molar-refractivity contribution < 1.29 is 23.1 Å². The van der Waals surface area contributed by atoms with Crippen molar-refractivity contribution in [3.63, 3.8) is 0 Å². The summed E-state index contributed by atoms with van der Waals surface area (Å²) in [6, 6.07) is 9.76. The van der Waals surface area contributed by atoms with Crippen LogP contribution in [0.3, 0.4) is 0 Å². The van der Waals surface area contributed by atoms with Gasteiger partial charge in [-0.2, -0.15) is 0 Å². The predicted octanol–water partition coefficient (Wildman–Crippen LogP) is 4.37. The molecule has 0 aromatic heterocycles. The topological polar surface area (TPSA) is 54.0 Å². The molecule has 2 aliphatic rings. The van der Waals surface area contributed by atoms with Gasteiger partial charge in [0.1, 0.15) is 6.10 Å². The quantitative estimate of drug-likeness (QED) is 0.746. The first-order valence-corrected chi connectivity index (χ1v) is 9.39. The van der Waals surface area contributed by atoms with Crippen LogP contribution in [0.4, 0.5) is 0 Å². The van der Waals surface area contributed by atoms with Crippen LogP contribution in [-0.4, -0.2) is 25.4 Å². The van der Waals surface area contributed by atoms with Gasteiger partial charge in [-0.25, -0.2) is 0 Å². The first kappa shape index (κ1) is 17.0. The van der Waals surface area contributed by atoms with Gasteiger partial charge >= 0.3 is 8.25 Å². The molecule has 0 bridgehead atoms. The Hall–Kier alpha value is -0.840. The van der Waals surface area contributed by atoms with Crippen LogP contribution >= 0.6 is 8.25 Å². The average Bonchev–Trinajstić information content (AvgIpc) is 2.56. The van der Waals surface area contributed by atoms with Crippen LogP contribution < -0.4 is 0 Å². The van der Waals surface area contributed by atoms with E-state index in [0.29, 0.717) is 19.1 Å². The minimum absolute atomic E-state index is 0.0462. The van der Waals surface area contributed by atoms with Crippen LogP contribution in [0.1, 0.15) is 44.5 Å². The molecule has 0 radical (unpaired) electrons. The fraction of sp³-hybridized carbons (Fsp3) is 0.647. The molecule has 3 atom stereocenters. The Kier molecular flexibility index (Phi) is 6.15. The molecule has 1 aromatic carbocycles. The third-order valence-corrected chi connectivity index (χ3v) is 5.24. The van der Waals surface area contributed by atoms with Crippen LogP contribution in [0, 0.1) is 5.92 Å². The summed E-state index contributed by atoms with van der Waals surface area (Å²) in [5.41, 5.74) is 0.975. The monoisotopic (exact) mass is 339 g/mol. The molecule has 0 N–H and O–H groups in total. The van der Waals surface area contributed by atoms with Crippen molar-refractivity contribution in [3.05, 3.63) is 35.9 Å². The second-order valence-electron chi connectivity index (χ2n) is 6.36. The first-order valence-electron chi connectivity index (χ1n) is 8.29. The zero-order valence-corrected chi connectivity index (χ0v) is 14.3. The molecule has 126 valence electrons. The van der Waals surface area contributed by atoms with Crippen molar-refractivity contribution in [1.29, 1.82) is 0 Å². The van der Waals surface area contributed by atoms with Gasteiger partial charge in [-0.3, -0.25) is 0 Å². The second kappa shape index (κ2) is 8.32. The molecular weight excluding hydrogens is 315 g/mol. The Balaban J connectivity index is 1.41. The summed E-state index contributed by atoms with van der Waals surface area (Å²) in [5.74, 6) is 0.630. The summed E-state index contributed by atoms with van der Waals surface area (Å²) >= 11 is 0. The fourth-order valence-electron chi connectivity index (χ4n) is 3.09. The Morgan fingerprint density at radius 1 is 1.04 bits per heavy atom. The molecule has 1 saturated heterocycles. The molecule has 2 fully saturated rings. The number of hydrogen-bond donors (Lipinski definition) is 0. The Bertz CT molecular complexity index is 501. The van der Waals surface area contributed by atoms with E-state index in [1.807, 2.05) is 30.3 Å². The lowest BCUT2D eigenvalue weighted by molar-refractivity contribution is -0.216. The highest BCUT2D eigenvalue weighted by molar-refractivity contribution is 7.33. The van der Waals surface area contributed by atoms with Crippen molar-refractivity contribution in [2.75, 3.05) is 13.2 Å². The maximum Gasteiger partial charge on any atom is 0.698 e. The third kappa shape index (κ3) is 5.07. The van der Waals surface area contributed by atoms with Gasteiger partial charge in [0.25, 0.3) is 0 Å². The molecule has 3 rings (SSSR count). The van der Waals surface area contributed by atoms with Crippen LogP contribution in [0.5, 0.6) is 0 Å². The molecule has 1 saturated carbocycles. The van der Waals surface area contributed by atoms with Gasteiger partial charge in [0.05, 0.1) is 13.2 Å². The summed E-state index contributed by atoms with van der Waals surface area (Å²) in [5, 5.41) is 0. The zero-order chi connectivity index (χ0) is 16.1. The Labute approximate surface area is 138 Å². The SMILES string of the molecule is CC1CCCC(O[P+](=O)OC2COC(c3ccccc3)OC2)C1. The molecule has 23 heavy (non-hydrogen) atoms. The molecule has 0 amide bonds. The summed E-state index contributed by atoms with van der Waals surface area (Å²) in [7, 11) is -2.12. The lowest BCUT2D eigenvalue weighted by atomic mass is 9.89. The van der Waals surface area contributed by atoms with E-state index in [1.165, 1.54) is 6.42 Å². The number of ether oxygens (including phenoxy) is 2. The lowest BCUT2D eigenvalue weighted by Gasteiger charge is -2.27. The van der Waals surface area contributed by atoms with Crippen LogP contribution in [0.2, 0.25) is 0 Å². The third-order valence-electron chi connectivity index (χ3n) is 4.30. The first-order chi connectivity index (χ1) is 11.2. The highest BCUT2D eigenvalue weighted by Crippen LogP contribution is 2.36. The van der Waals surface area contributed by atoms with Gasteiger partial charge in [-0.05, 0) is 18.8 Å². The van der Waals surface area contributed by atoms with E-state index in [-0.39, 0.29) is 18.5 Å². The molecule has 0 spiro atoms. The highest BCUT2D eigenvalue weighted by Gasteiger charge is 2.36. The summed E-state index contributed by atoms with van der Waals surface area (Å²) < 4.78 is 34.3. The smallest absolute Gasteiger partial charge is 0.345 e. The molecule has 1 heterocycles. The van der Waals surface area contributed by atoms with E-state index in [2.05, 4.69) is 6.92 Å². The molecular formula is C17H24O5P+.